The number of urea groups is 1. The van der Waals surface area contributed by atoms with Crippen LogP contribution >= 0.6 is 0 Å². The maximum Gasteiger partial charge on any atom is 0.317 e. The molecule has 1 aliphatic heterocycles. The Kier molecular flexibility index (Phi) is 5.56. The van der Waals surface area contributed by atoms with Gasteiger partial charge in [-0.25, -0.2) is 9.78 Å². The molecule has 28 heavy (non-hydrogen) atoms. The van der Waals surface area contributed by atoms with Crippen molar-refractivity contribution in [3.8, 4) is 0 Å². The average molecular weight is 375 g/mol. The lowest BCUT2D eigenvalue weighted by Gasteiger charge is -2.36. The summed E-state index contributed by atoms with van der Waals surface area (Å²) in [6.45, 7) is 4.55. The third-order valence-corrected chi connectivity index (χ3v) is 5.08. The number of benzene rings is 2. The Labute approximate surface area is 165 Å². The number of carbonyl (C=O) groups excluding carboxylic acids is 1. The second-order valence-electron chi connectivity index (χ2n) is 7.02. The van der Waals surface area contributed by atoms with Gasteiger partial charge in [-0.15, -0.1) is 0 Å². The normalized spacial score (nSPS) is 14.1. The van der Waals surface area contributed by atoms with Crippen LogP contribution in [0.1, 0.15) is 11.1 Å². The van der Waals surface area contributed by atoms with E-state index in [9.17, 15) is 4.79 Å². The number of imidazole rings is 1. The van der Waals surface area contributed by atoms with Crippen molar-refractivity contribution >= 4 is 11.7 Å². The minimum absolute atomic E-state index is 0.00945. The van der Waals surface area contributed by atoms with E-state index in [1.807, 2.05) is 28.1 Å². The van der Waals surface area contributed by atoms with Crippen LogP contribution in [0.15, 0.2) is 73.3 Å². The molecule has 1 fully saturated rings. The molecule has 1 aliphatic rings. The molecule has 0 radical (unpaired) electrons. The first kappa shape index (κ1) is 18.1. The predicted octanol–water partition coefficient (Wildman–Crippen LogP) is 2.96. The minimum Gasteiger partial charge on any atom is -0.368 e. The second-order valence-corrected chi connectivity index (χ2v) is 7.02. The number of para-hydroxylation sites is 1. The van der Waals surface area contributed by atoms with Gasteiger partial charge in [-0.1, -0.05) is 42.5 Å². The fourth-order valence-corrected chi connectivity index (χ4v) is 3.45. The molecule has 0 unspecified atom stereocenters. The fraction of sp³-hybridized carbons (Fsp3) is 0.273. The topological polar surface area (TPSA) is 53.4 Å². The molecule has 0 saturated carbocycles. The molecule has 0 aliphatic carbocycles. The van der Waals surface area contributed by atoms with Crippen LogP contribution in [0.4, 0.5) is 10.5 Å². The molecule has 3 aromatic rings. The van der Waals surface area contributed by atoms with Crippen LogP contribution in [0, 0.1) is 0 Å². The van der Waals surface area contributed by atoms with E-state index >= 15 is 0 Å². The van der Waals surface area contributed by atoms with E-state index in [1.165, 1.54) is 11.3 Å². The maximum atomic E-state index is 12.5. The number of rotatable bonds is 5. The van der Waals surface area contributed by atoms with Gasteiger partial charge in [0.1, 0.15) is 0 Å². The quantitative estimate of drug-likeness (QED) is 0.746. The summed E-state index contributed by atoms with van der Waals surface area (Å²) >= 11 is 0. The van der Waals surface area contributed by atoms with E-state index in [0.717, 1.165) is 38.3 Å². The van der Waals surface area contributed by atoms with Gasteiger partial charge in [0, 0.05) is 57.3 Å². The highest BCUT2D eigenvalue weighted by Gasteiger charge is 2.20. The molecule has 4 rings (SSSR count). The van der Waals surface area contributed by atoms with Gasteiger partial charge in [0.2, 0.25) is 0 Å². The molecule has 1 N–H and O–H groups in total. The molecule has 1 aromatic heterocycles. The predicted molar refractivity (Wildman–Crippen MR) is 110 cm³/mol. The Morgan fingerprint density at radius 3 is 2.32 bits per heavy atom. The molecule has 144 valence electrons. The summed E-state index contributed by atoms with van der Waals surface area (Å²) in [7, 11) is 0. The van der Waals surface area contributed by atoms with E-state index in [4.69, 9.17) is 0 Å². The van der Waals surface area contributed by atoms with Crippen LogP contribution in [-0.4, -0.2) is 46.7 Å². The fourth-order valence-electron chi connectivity index (χ4n) is 3.45. The first-order chi connectivity index (χ1) is 13.8. The lowest BCUT2D eigenvalue weighted by atomic mass is 10.1. The van der Waals surface area contributed by atoms with Crippen molar-refractivity contribution in [1.29, 1.82) is 0 Å². The van der Waals surface area contributed by atoms with Crippen molar-refractivity contribution in [3.05, 3.63) is 84.4 Å². The van der Waals surface area contributed by atoms with Gasteiger partial charge < -0.3 is 19.7 Å². The second kappa shape index (κ2) is 8.61. The number of aromatic nitrogens is 2. The Hall–Kier alpha value is -3.28. The Bertz CT molecular complexity index is 869. The summed E-state index contributed by atoms with van der Waals surface area (Å²) in [5.74, 6) is 0. The SMILES string of the molecule is O=C(NCc1ccc(Cn2ccnc2)cc1)N1CCN(c2ccccc2)CC1. The van der Waals surface area contributed by atoms with Crippen molar-refractivity contribution < 1.29 is 4.79 Å². The number of carbonyl (C=O) groups is 1. The summed E-state index contributed by atoms with van der Waals surface area (Å²) in [4.78, 5) is 20.8. The van der Waals surface area contributed by atoms with Crippen molar-refractivity contribution in [2.75, 3.05) is 31.1 Å². The van der Waals surface area contributed by atoms with Crippen molar-refractivity contribution in [2.45, 2.75) is 13.1 Å². The van der Waals surface area contributed by atoms with Crippen molar-refractivity contribution in [2.24, 2.45) is 0 Å². The maximum absolute atomic E-state index is 12.5. The van der Waals surface area contributed by atoms with Crippen molar-refractivity contribution in [3.63, 3.8) is 0 Å². The Morgan fingerprint density at radius 1 is 0.929 bits per heavy atom. The molecule has 6 nitrogen and oxygen atoms in total. The lowest BCUT2D eigenvalue weighted by Crippen LogP contribution is -2.51. The van der Waals surface area contributed by atoms with Crippen LogP contribution in [0.3, 0.4) is 0 Å². The highest BCUT2D eigenvalue weighted by Crippen LogP contribution is 2.15. The van der Waals surface area contributed by atoms with Gasteiger partial charge in [0.15, 0.2) is 0 Å². The van der Waals surface area contributed by atoms with E-state index in [-0.39, 0.29) is 6.03 Å². The number of hydrogen-bond donors (Lipinski definition) is 1. The summed E-state index contributed by atoms with van der Waals surface area (Å²) in [5.41, 5.74) is 3.54. The van der Waals surface area contributed by atoms with E-state index in [1.54, 1.807) is 6.20 Å². The van der Waals surface area contributed by atoms with Gasteiger partial charge in [-0.2, -0.15) is 0 Å². The molecule has 1 saturated heterocycles. The summed E-state index contributed by atoms with van der Waals surface area (Å²) < 4.78 is 2.03. The van der Waals surface area contributed by atoms with Crippen LogP contribution in [0.5, 0.6) is 0 Å². The highest BCUT2D eigenvalue weighted by atomic mass is 16.2. The van der Waals surface area contributed by atoms with Crippen LogP contribution in [-0.2, 0) is 13.1 Å². The number of nitrogens with zero attached hydrogens (tertiary/aromatic N) is 4. The third-order valence-electron chi connectivity index (χ3n) is 5.08. The largest absolute Gasteiger partial charge is 0.368 e. The standard InChI is InChI=1S/C22H25N5O/c28-22(27-14-12-26(13-15-27)21-4-2-1-3-5-21)24-16-19-6-8-20(9-7-19)17-25-11-10-23-18-25/h1-11,18H,12-17H2,(H,24,28). The number of hydrogen-bond acceptors (Lipinski definition) is 3. The van der Waals surface area contributed by atoms with Crippen molar-refractivity contribution in [1.82, 2.24) is 19.8 Å². The highest BCUT2D eigenvalue weighted by molar-refractivity contribution is 5.74. The van der Waals surface area contributed by atoms with Gasteiger partial charge in [0.25, 0.3) is 0 Å². The van der Waals surface area contributed by atoms with Crippen LogP contribution in [0.25, 0.3) is 0 Å². The zero-order valence-corrected chi connectivity index (χ0v) is 15.9. The zero-order valence-electron chi connectivity index (χ0n) is 15.9. The Balaban J connectivity index is 1.23. The summed E-state index contributed by atoms with van der Waals surface area (Å²) in [6.07, 6.45) is 5.54. The molecule has 0 spiro atoms. The zero-order chi connectivity index (χ0) is 19.2. The molecular weight excluding hydrogens is 350 g/mol. The third kappa shape index (κ3) is 4.52. The number of amides is 2. The number of anilines is 1. The molecule has 6 heteroatoms. The summed E-state index contributed by atoms with van der Waals surface area (Å²) in [6, 6.07) is 18.7. The van der Waals surface area contributed by atoms with E-state index in [0.29, 0.717) is 6.54 Å². The van der Waals surface area contributed by atoms with Gasteiger partial charge in [0.05, 0.1) is 6.33 Å². The summed E-state index contributed by atoms with van der Waals surface area (Å²) in [5, 5.41) is 3.04. The first-order valence-electron chi connectivity index (χ1n) is 9.64. The average Bonchev–Trinajstić information content (AvgIpc) is 3.27. The molecule has 2 amide bonds. The van der Waals surface area contributed by atoms with E-state index < -0.39 is 0 Å². The minimum atomic E-state index is 0.00945. The first-order valence-corrected chi connectivity index (χ1v) is 9.64. The smallest absolute Gasteiger partial charge is 0.317 e. The Morgan fingerprint density at radius 2 is 1.64 bits per heavy atom. The molecule has 0 atom stereocenters. The van der Waals surface area contributed by atoms with Crippen LogP contribution in [0.2, 0.25) is 0 Å². The number of piperazine rings is 1. The van der Waals surface area contributed by atoms with E-state index in [2.05, 4.69) is 63.7 Å². The molecule has 2 heterocycles. The van der Waals surface area contributed by atoms with Gasteiger partial charge >= 0.3 is 6.03 Å². The number of nitrogens with one attached hydrogen (secondary N) is 1. The monoisotopic (exact) mass is 375 g/mol. The molecular formula is C22H25N5O. The van der Waals surface area contributed by atoms with Gasteiger partial charge in [-0.05, 0) is 23.3 Å². The molecule has 0 bridgehead atoms. The molecule has 2 aromatic carbocycles. The van der Waals surface area contributed by atoms with Gasteiger partial charge in [-0.3, -0.25) is 0 Å². The lowest BCUT2D eigenvalue weighted by molar-refractivity contribution is 0.194. The van der Waals surface area contributed by atoms with Crippen LogP contribution < -0.4 is 10.2 Å².